The minimum atomic E-state index is -0.410. The van der Waals surface area contributed by atoms with Crippen LogP contribution < -0.4 is 5.32 Å². The van der Waals surface area contributed by atoms with Crippen LogP contribution in [-0.4, -0.2) is 23.7 Å². The van der Waals surface area contributed by atoms with E-state index >= 15 is 0 Å². The van der Waals surface area contributed by atoms with Gasteiger partial charge in [0.15, 0.2) is 0 Å². The summed E-state index contributed by atoms with van der Waals surface area (Å²) < 4.78 is 12.8. The molecule has 1 aliphatic rings. The first-order valence-corrected chi connectivity index (χ1v) is 5.37. The van der Waals surface area contributed by atoms with E-state index in [1.54, 1.807) is 6.07 Å². The number of amides is 1. The van der Waals surface area contributed by atoms with E-state index in [0.717, 1.165) is 12.8 Å². The van der Waals surface area contributed by atoms with Crippen LogP contribution in [0.1, 0.15) is 23.2 Å². The zero-order valence-electron chi connectivity index (χ0n) is 8.82. The minimum Gasteiger partial charge on any atom is -0.393 e. The van der Waals surface area contributed by atoms with Gasteiger partial charge in [0.25, 0.3) is 5.91 Å². The summed E-state index contributed by atoms with van der Waals surface area (Å²) in [6, 6.07) is 5.61. The van der Waals surface area contributed by atoms with Crippen LogP contribution in [-0.2, 0) is 0 Å². The molecular formula is C12H14FNO2. The van der Waals surface area contributed by atoms with E-state index in [0.29, 0.717) is 18.0 Å². The summed E-state index contributed by atoms with van der Waals surface area (Å²) in [5.74, 6) is -0.319. The summed E-state index contributed by atoms with van der Waals surface area (Å²) in [6.07, 6.45) is 1.27. The molecule has 3 nitrogen and oxygen atoms in total. The fourth-order valence-corrected chi connectivity index (χ4v) is 1.84. The summed E-state index contributed by atoms with van der Waals surface area (Å²) in [6.45, 7) is 0.548. The van der Waals surface area contributed by atoms with Crippen LogP contribution in [0.15, 0.2) is 24.3 Å². The van der Waals surface area contributed by atoms with Gasteiger partial charge < -0.3 is 10.4 Å². The molecule has 86 valence electrons. The van der Waals surface area contributed by atoms with Gasteiger partial charge in [-0.1, -0.05) is 6.07 Å². The molecule has 0 spiro atoms. The number of carbonyl (C=O) groups excluding carboxylic acids is 1. The zero-order chi connectivity index (χ0) is 11.5. The molecule has 0 heterocycles. The van der Waals surface area contributed by atoms with Crippen molar-refractivity contribution in [1.29, 1.82) is 0 Å². The van der Waals surface area contributed by atoms with Gasteiger partial charge in [0.2, 0.25) is 0 Å². The highest BCUT2D eigenvalue weighted by Gasteiger charge is 2.27. The molecule has 2 N–H and O–H groups in total. The smallest absolute Gasteiger partial charge is 0.251 e. The lowest BCUT2D eigenvalue weighted by Crippen LogP contribution is -2.38. The van der Waals surface area contributed by atoms with Crippen molar-refractivity contribution in [1.82, 2.24) is 5.32 Å². The number of aliphatic hydroxyl groups is 1. The molecule has 4 heteroatoms. The van der Waals surface area contributed by atoms with Gasteiger partial charge in [-0.3, -0.25) is 4.79 Å². The third-order valence-electron chi connectivity index (χ3n) is 2.85. The minimum absolute atomic E-state index is 0.212. The van der Waals surface area contributed by atoms with Gasteiger partial charge in [-0.05, 0) is 37.0 Å². The van der Waals surface area contributed by atoms with E-state index in [9.17, 15) is 9.18 Å². The van der Waals surface area contributed by atoms with Crippen LogP contribution in [0, 0.1) is 11.7 Å². The van der Waals surface area contributed by atoms with E-state index < -0.39 is 5.82 Å². The lowest BCUT2D eigenvalue weighted by Gasteiger charge is -2.31. The topological polar surface area (TPSA) is 49.3 Å². The quantitative estimate of drug-likeness (QED) is 0.812. The monoisotopic (exact) mass is 223 g/mol. The second-order valence-corrected chi connectivity index (χ2v) is 4.21. The average molecular weight is 223 g/mol. The summed E-state index contributed by atoms with van der Waals surface area (Å²) in [4.78, 5) is 11.6. The van der Waals surface area contributed by atoms with Crippen molar-refractivity contribution in [2.24, 2.45) is 5.92 Å². The van der Waals surface area contributed by atoms with E-state index in [-0.39, 0.29) is 12.0 Å². The van der Waals surface area contributed by atoms with Crippen LogP contribution in [0.5, 0.6) is 0 Å². The molecule has 2 rings (SSSR count). The van der Waals surface area contributed by atoms with Crippen molar-refractivity contribution in [3.05, 3.63) is 35.6 Å². The van der Waals surface area contributed by atoms with Gasteiger partial charge in [-0.25, -0.2) is 4.39 Å². The Balaban J connectivity index is 1.84. The highest BCUT2D eigenvalue weighted by atomic mass is 19.1. The second-order valence-electron chi connectivity index (χ2n) is 4.21. The maximum Gasteiger partial charge on any atom is 0.251 e. The number of halogens is 1. The number of hydrogen-bond acceptors (Lipinski definition) is 2. The summed E-state index contributed by atoms with van der Waals surface area (Å²) in [5.41, 5.74) is 0.333. The predicted molar refractivity (Wildman–Crippen MR) is 57.5 cm³/mol. The Morgan fingerprint density at radius 3 is 2.88 bits per heavy atom. The third kappa shape index (κ3) is 2.58. The molecule has 0 aromatic heterocycles. The zero-order valence-corrected chi connectivity index (χ0v) is 8.82. The Hall–Kier alpha value is -1.42. The van der Waals surface area contributed by atoms with Gasteiger partial charge in [-0.15, -0.1) is 0 Å². The van der Waals surface area contributed by atoms with Crippen LogP contribution >= 0.6 is 0 Å². The number of benzene rings is 1. The molecule has 1 amide bonds. The van der Waals surface area contributed by atoms with Crippen LogP contribution in [0.3, 0.4) is 0 Å². The standard InChI is InChI=1S/C12H14FNO2/c13-10-3-1-2-9(6-10)12(16)14-7-8-4-11(15)5-8/h1-3,6,8,11,15H,4-5,7H2,(H,14,16). The average Bonchev–Trinajstić information content (AvgIpc) is 2.22. The van der Waals surface area contributed by atoms with E-state index in [1.165, 1.54) is 18.2 Å². The van der Waals surface area contributed by atoms with Crippen molar-refractivity contribution in [2.45, 2.75) is 18.9 Å². The van der Waals surface area contributed by atoms with Crippen molar-refractivity contribution in [3.8, 4) is 0 Å². The van der Waals surface area contributed by atoms with Crippen molar-refractivity contribution in [2.75, 3.05) is 6.54 Å². The predicted octanol–water partition coefficient (Wildman–Crippen LogP) is 1.33. The Morgan fingerprint density at radius 2 is 2.25 bits per heavy atom. The molecule has 0 saturated heterocycles. The molecule has 0 atom stereocenters. The maximum atomic E-state index is 12.8. The Labute approximate surface area is 93.3 Å². The van der Waals surface area contributed by atoms with Gasteiger partial charge in [-0.2, -0.15) is 0 Å². The van der Waals surface area contributed by atoms with Gasteiger partial charge in [0.1, 0.15) is 5.82 Å². The molecule has 0 radical (unpaired) electrons. The van der Waals surface area contributed by atoms with Crippen molar-refractivity contribution < 1.29 is 14.3 Å². The number of nitrogens with one attached hydrogen (secondary N) is 1. The number of rotatable bonds is 3. The molecule has 1 aliphatic carbocycles. The molecule has 16 heavy (non-hydrogen) atoms. The third-order valence-corrected chi connectivity index (χ3v) is 2.85. The highest BCUT2D eigenvalue weighted by Crippen LogP contribution is 2.26. The van der Waals surface area contributed by atoms with Crippen LogP contribution in [0.4, 0.5) is 4.39 Å². The lowest BCUT2D eigenvalue weighted by atomic mass is 9.82. The summed E-state index contributed by atoms with van der Waals surface area (Å²) in [7, 11) is 0. The maximum absolute atomic E-state index is 12.8. The van der Waals surface area contributed by atoms with E-state index in [4.69, 9.17) is 5.11 Å². The van der Waals surface area contributed by atoms with E-state index in [2.05, 4.69) is 5.32 Å². The van der Waals surface area contributed by atoms with Gasteiger partial charge in [0.05, 0.1) is 6.10 Å². The molecule has 1 saturated carbocycles. The molecule has 0 aliphatic heterocycles. The summed E-state index contributed by atoms with van der Waals surface area (Å²) in [5, 5.41) is 11.8. The first kappa shape index (κ1) is 11.1. The van der Waals surface area contributed by atoms with Gasteiger partial charge in [0, 0.05) is 12.1 Å². The normalized spacial score (nSPS) is 23.6. The first-order chi connectivity index (χ1) is 7.65. The Bertz CT molecular complexity index is 388. The Morgan fingerprint density at radius 1 is 1.50 bits per heavy atom. The molecule has 1 fully saturated rings. The molecule has 0 unspecified atom stereocenters. The van der Waals surface area contributed by atoms with Crippen molar-refractivity contribution in [3.63, 3.8) is 0 Å². The van der Waals surface area contributed by atoms with Crippen LogP contribution in [0.25, 0.3) is 0 Å². The highest BCUT2D eigenvalue weighted by molar-refractivity contribution is 5.94. The number of aliphatic hydroxyl groups excluding tert-OH is 1. The largest absolute Gasteiger partial charge is 0.393 e. The Kier molecular flexibility index (Phi) is 3.19. The molecular weight excluding hydrogens is 209 g/mol. The molecule has 1 aromatic rings. The summed E-state index contributed by atoms with van der Waals surface area (Å²) >= 11 is 0. The molecule has 0 bridgehead atoms. The fraction of sp³-hybridized carbons (Fsp3) is 0.417. The SMILES string of the molecule is O=C(NCC1CC(O)C1)c1cccc(F)c1. The van der Waals surface area contributed by atoms with E-state index in [1.807, 2.05) is 0 Å². The van der Waals surface area contributed by atoms with Crippen molar-refractivity contribution >= 4 is 5.91 Å². The first-order valence-electron chi connectivity index (χ1n) is 5.37. The van der Waals surface area contributed by atoms with Crippen LogP contribution in [0.2, 0.25) is 0 Å². The van der Waals surface area contributed by atoms with Gasteiger partial charge >= 0.3 is 0 Å². The lowest BCUT2D eigenvalue weighted by molar-refractivity contribution is 0.0420. The fourth-order valence-electron chi connectivity index (χ4n) is 1.84. The number of hydrogen-bond donors (Lipinski definition) is 2. The molecule has 1 aromatic carbocycles. The number of carbonyl (C=O) groups is 1. The second kappa shape index (κ2) is 4.61.